The average molecular weight is 226 g/mol. The van der Waals surface area contributed by atoms with Gasteiger partial charge in [-0.2, -0.15) is 9.78 Å². The summed E-state index contributed by atoms with van der Waals surface area (Å²) in [5.41, 5.74) is 3.56. The number of benzene rings is 1. The fourth-order valence-corrected chi connectivity index (χ4v) is 2.10. The summed E-state index contributed by atoms with van der Waals surface area (Å²) in [6.45, 7) is 6.30. The molecule has 0 saturated carbocycles. The smallest absolute Gasteiger partial charge is 0.267 e. The van der Waals surface area contributed by atoms with Crippen LogP contribution in [0.2, 0.25) is 0 Å². The molecule has 3 rings (SSSR count). The molecule has 0 amide bonds. The Bertz CT molecular complexity index is 617. The Morgan fingerprint density at radius 2 is 1.76 bits per heavy atom. The van der Waals surface area contributed by atoms with Gasteiger partial charge in [0.25, 0.3) is 5.91 Å². The van der Waals surface area contributed by atoms with Crippen LogP contribution in [0, 0.1) is 0 Å². The van der Waals surface area contributed by atoms with E-state index in [0.717, 1.165) is 22.5 Å². The number of hydrogen-bond acceptors (Lipinski definition) is 2. The van der Waals surface area contributed by atoms with Crippen molar-refractivity contribution in [3.05, 3.63) is 41.6 Å². The van der Waals surface area contributed by atoms with Gasteiger partial charge in [0.15, 0.2) is 0 Å². The van der Waals surface area contributed by atoms with Gasteiger partial charge in [0.05, 0.1) is 17.0 Å². The number of carbonyl (C=O) groups is 1. The van der Waals surface area contributed by atoms with Crippen LogP contribution in [-0.2, 0) is 5.41 Å². The van der Waals surface area contributed by atoms with E-state index in [1.807, 2.05) is 30.3 Å². The second-order valence-electron chi connectivity index (χ2n) is 5.43. The first-order valence-corrected chi connectivity index (χ1v) is 5.73. The normalized spacial score (nSPS) is 13.7. The topological polar surface area (TPSA) is 34.9 Å². The minimum atomic E-state index is -0.0352. The molecule has 0 fully saturated rings. The highest BCUT2D eigenvalue weighted by atomic mass is 16.2. The van der Waals surface area contributed by atoms with Crippen LogP contribution >= 0.6 is 0 Å². The van der Waals surface area contributed by atoms with Crippen LogP contribution in [-0.4, -0.2) is 15.7 Å². The molecule has 1 aromatic carbocycles. The zero-order valence-corrected chi connectivity index (χ0v) is 10.2. The van der Waals surface area contributed by atoms with Crippen molar-refractivity contribution in [2.75, 3.05) is 0 Å². The molecule has 0 radical (unpaired) electrons. The molecule has 17 heavy (non-hydrogen) atoms. The van der Waals surface area contributed by atoms with E-state index in [4.69, 9.17) is 0 Å². The summed E-state index contributed by atoms with van der Waals surface area (Å²) in [6.07, 6.45) is 0. The lowest BCUT2D eigenvalue weighted by atomic mass is 9.92. The molecule has 2 aromatic rings. The Morgan fingerprint density at radius 3 is 2.41 bits per heavy atom. The first-order valence-electron chi connectivity index (χ1n) is 5.73. The van der Waals surface area contributed by atoms with Gasteiger partial charge in [0, 0.05) is 11.0 Å². The highest BCUT2D eigenvalue weighted by Gasteiger charge is 2.30. The molecule has 3 nitrogen and oxygen atoms in total. The second-order valence-corrected chi connectivity index (χ2v) is 5.43. The van der Waals surface area contributed by atoms with Crippen molar-refractivity contribution in [1.82, 2.24) is 9.78 Å². The van der Waals surface area contributed by atoms with Gasteiger partial charge >= 0.3 is 0 Å². The molecule has 0 N–H and O–H groups in total. The van der Waals surface area contributed by atoms with E-state index in [1.54, 1.807) is 0 Å². The highest BCUT2D eigenvalue weighted by molar-refractivity contribution is 6.08. The van der Waals surface area contributed by atoms with E-state index in [-0.39, 0.29) is 11.3 Å². The van der Waals surface area contributed by atoms with Gasteiger partial charge in [-0.25, -0.2) is 0 Å². The van der Waals surface area contributed by atoms with Gasteiger partial charge in [0.2, 0.25) is 0 Å². The summed E-state index contributed by atoms with van der Waals surface area (Å²) < 4.78 is 1.52. The molecule has 3 heteroatoms. The van der Waals surface area contributed by atoms with Crippen LogP contribution in [0.1, 0.15) is 36.8 Å². The van der Waals surface area contributed by atoms with Crippen molar-refractivity contribution >= 4 is 5.91 Å². The Balaban J connectivity index is 2.24. The lowest BCUT2D eigenvalue weighted by molar-refractivity contribution is 0.0954. The number of nitrogens with zero attached hydrogens (tertiary/aromatic N) is 2. The highest BCUT2D eigenvalue weighted by Crippen LogP contribution is 2.34. The maximum Gasteiger partial charge on any atom is 0.279 e. The van der Waals surface area contributed by atoms with Gasteiger partial charge in [0.1, 0.15) is 0 Å². The molecule has 86 valence electrons. The predicted molar refractivity (Wildman–Crippen MR) is 66.1 cm³/mol. The SMILES string of the molecule is CC(C)(C)c1cc2n(n1)C(=O)c1ccccc1-2. The third kappa shape index (κ3) is 1.35. The molecule has 0 atom stereocenters. The summed E-state index contributed by atoms with van der Waals surface area (Å²) in [5, 5.41) is 4.42. The molecule has 1 aromatic heterocycles. The Hall–Kier alpha value is -1.90. The number of carbonyl (C=O) groups excluding carboxylic acids is 1. The molecular formula is C14H14N2O. The van der Waals surface area contributed by atoms with Crippen molar-refractivity contribution in [3.8, 4) is 11.3 Å². The van der Waals surface area contributed by atoms with Crippen molar-refractivity contribution in [3.63, 3.8) is 0 Å². The molecular weight excluding hydrogens is 212 g/mol. The van der Waals surface area contributed by atoms with E-state index in [2.05, 4.69) is 25.9 Å². The Kier molecular flexibility index (Phi) is 1.85. The van der Waals surface area contributed by atoms with Crippen LogP contribution in [0.4, 0.5) is 0 Å². The lowest BCUT2D eigenvalue weighted by Crippen LogP contribution is -2.15. The summed E-state index contributed by atoms with van der Waals surface area (Å²) in [5.74, 6) is -0.0221. The zero-order chi connectivity index (χ0) is 12.2. The molecule has 2 heterocycles. The Labute approximate surface area is 100 Å². The molecule has 0 bridgehead atoms. The van der Waals surface area contributed by atoms with Gasteiger partial charge in [-0.05, 0) is 12.1 Å². The van der Waals surface area contributed by atoms with Gasteiger partial charge in [-0.15, -0.1) is 0 Å². The summed E-state index contributed by atoms with van der Waals surface area (Å²) in [7, 11) is 0. The lowest BCUT2D eigenvalue weighted by Gasteiger charge is -2.14. The third-order valence-corrected chi connectivity index (χ3v) is 3.10. The zero-order valence-electron chi connectivity index (χ0n) is 10.2. The molecule has 0 unspecified atom stereocenters. The van der Waals surface area contributed by atoms with Crippen LogP contribution < -0.4 is 0 Å². The van der Waals surface area contributed by atoms with E-state index >= 15 is 0 Å². The predicted octanol–water partition coefficient (Wildman–Crippen LogP) is 2.85. The molecule has 0 spiro atoms. The van der Waals surface area contributed by atoms with E-state index < -0.39 is 0 Å². The average Bonchev–Trinajstić information content (AvgIpc) is 2.80. The van der Waals surface area contributed by atoms with Crippen LogP contribution in [0.15, 0.2) is 30.3 Å². The minimum Gasteiger partial charge on any atom is -0.267 e. The summed E-state index contributed by atoms with van der Waals surface area (Å²) in [4.78, 5) is 12.1. The number of fused-ring (bicyclic) bond motifs is 3. The molecule has 1 aliphatic heterocycles. The largest absolute Gasteiger partial charge is 0.279 e. The number of aromatic nitrogens is 2. The summed E-state index contributed by atoms with van der Waals surface area (Å²) in [6, 6.07) is 9.67. The van der Waals surface area contributed by atoms with Crippen LogP contribution in [0.3, 0.4) is 0 Å². The van der Waals surface area contributed by atoms with Crippen molar-refractivity contribution in [2.24, 2.45) is 0 Å². The standard InChI is InChI=1S/C14H14N2O/c1-14(2,3)12-8-11-9-6-4-5-7-10(9)13(17)16(11)15-12/h4-8H,1-3H3. The van der Waals surface area contributed by atoms with E-state index in [0.29, 0.717) is 0 Å². The van der Waals surface area contributed by atoms with Gasteiger partial charge < -0.3 is 0 Å². The summed E-state index contributed by atoms with van der Waals surface area (Å²) >= 11 is 0. The first-order chi connectivity index (χ1) is 7.98. The van der Waals surface area contributed by atoms with E-state index in [9.17, 15) is 4.79 Å². The monoisotopic (exact) mass is 226 g/mol. The van der Waals surface area contributed by atoms with Gasteiger partial charge in [-0.1, -0.05) is 39.0 Å². The number of hydrogen-bond donors (Lipinski definition) is 0. The van der Waals surface area contributed by atoms with Crippen molar-refractivity contribution < 1.29 is 4.79 Å². The minimum absolute atomic E-state index is 0.0221. The first kappa shape index (κ1) is 10.3. The van der Waals surface area contributed by atoms with Crippen LogP contribution in [0.5, 0.6) is 0 Å². The quantitative estimate of drug-likeness (QED) is 0.590. The second kappa shape index (κ2) is 3.06. The maximum absolute atomic E-state index is 12.1. The van der Waals surface area contributed by atoms with Gasteiger partial charge in [-0.3, -0.25) is 4.79 Å². The molecule has 0 aliphatic carbocycles. The third-order valence-electron chi connectivity index (χ3n) is 3.10. The molecule has 0 saturated heterocycles. The van der Waals surface area contributed by atoms with Crippen molar-refractivity contribution in [2.45, 2.75) is 26.2 Å². The fourth-order valence-electron chi connectivity index (χ4n) is 2.10. The number of rotatable bonds is 0. The Morgan fingerprint density at radius 1 is 1.12 bits per heavy atom. The fraction of sp³-hybridized carbons (Fsp3) is 0.286. The van der Waals surface area contributed by atoms with Crippen molar-refractivity contribution in [1.29, 1.82) is 0 Å². The molecule has 1 aliphatic rings. The van der Waals surface area contributed by atoms with Crippen LogP contribution in [0.25, 0.3) is 11.3 Å². The maximum atomic E-state index is 12.1. The van der Waals surface area contributed by atoms with E-state index in [1.165, 1.54) is 4.68 Å².